The van der Waals surface area contributed by atoms with E-state index >= 15 is 0 Å². The highest BCUT2D eigenvalue weighted by Gasteiger charge is 2.08. The van der Waals surface area contributed by atoms with Gasteiger partial charge in [-0.15, -0.1) is 0 Å². The Hall–Kier alpha value is -2.89. The van der Waals surface area contributed by atoms with Gasteiger partial charge < -0.3 is 5.21 Å². The highest BCUT2D eigenvalue weighted by molar-refractivity contribution is 5.73. The smallest absolute Gasteiger partial charge is 0.363 e. The van der Waals surface area contributed by atoms with E-state index < -0.39 is 11.2 Å². The maximum Gasteiger partial charge on any atom is 0.363 e. The first-order valence-electron chi connectivity index (χ1n) is 6.03. The summed E-state index contributed by atoms with van der Waals surface area (Å²) in [6.45, 7) is 0. The Morgan fingerprint density at radius 2 is 1.85 bits per heavy atom. The molecule has 2 heterocycles. The number of hydrogen-bond acceptors (Lipinski definition) is 4. The molecule has 6 nitrogen and oxygen atoms in total. The van der Waals surface area contributed by atoms with E-state index in [2.05, 4.69) is 9.97 Å². The third-order valence-corrected chi connectivity index (χ3v) is 3.02. The molecule has 0 saturated heterocycles. The van der Waals surface area contributed by atoms with Crippen LogP contribution < -0.4 is 11.2 Å². The molecule has 0 aliphatic rings. The number of nitrogens with zero attached hydrogens (tertiary/aromatic N) is 2. The van der Waals surface area contributed by atoms with Gasteiger partial charge in [0.15, 0.2) is 0 Å². The highest BCUT2D eigenvalue weighted by Crippen LogP contribution is 2.09. The van der Waals surface area contributed by atoms with Crippen molar-refractivity contribution in [2.75, 3.05) is 0 Å². The van der Waals surface area contributed by atoms with Crippen molar-refractivity contribution in [1.82, 2.24) is 14.7 Å². The normalized spacial score (nSPS) is 10.8. The SMILES string of the molecule is O=c1[nH]c2nc(Cc3ccccc3)ccc2c(=O)n1O. The van der Waals surface area contributed by atoms with Crippen LogP contribution in [-0.2, 0) is 6.42 Å². The molecule has 0 radical (unpaired) electrons. The van der Waals surface area contributed by atoms with Crippen LogP contribution in [0, 0.1) is 0 Å². The van der Waals surface area contributed by atoms with E-state index in [1.165, 1.54) is 0 Å². The minimum atomic E-state index is -0.896. The van der Waals surface area contributed by atoms with E-state index in [0.717, 1.165) is 11.3 Å². The molecule has 0 spiro atoms. The minimum Gasteiger partial charge on any atom is -0.421 e. The van der Waals surface area contributed by atoms with Gasteiger partial charge in [-0.3, -0.25) is 9.78 Å². The van der Waals surface area contributed by atoms with Crippen molar-refractivity contribution < 1.29 is 5.21 Å². The lowest BCUT2D eigenvalue weighted by molar-refractivity contribution is 0.162. The summed E-state index contributed by atoms with van der Waals surface area (Å²) in [4.78, 5) is 29.6. The molecule has 0 saturated carbocycles. The monoisotopic (exact) mass is 269 g/mol. The quantitative estimate of drug-likeness (QED) is 0.677. The first-order valence-corrected chi connectivity index (χ1v) is 6.03. The average Bonchev–Trinajstić information content (AvgIpc) is 2.46. The zero-order chi connectivity index (χ0) is 14.1. The molecular weight excluding hydrogens is 258 g/mol. The molecule has 20 heavy (non-hydrogen) atoms. The first-order chi connectivity index (χ1) is 9.65. The van der Waals surface area contributed by atoms with Gasteiger partial charge in [-0.05, 0) is 17.7 Å². The highest BCUT2D eigenvalue weighted by atomic mass is 16.5. The van der Waals surface area contributed by atoms with Crippen molar-refractivity contribution in [3.8, 4) is 0 Å². The number of H-pyrrole nitrogens is 1. The first kappa shape index (κ1) is 12.2. The second kappa shape index (κ2) is 4.65. The molecule has 0 aliphatic carbocycles. The van der Waals surface area contributed by atoms with Crippen LogP contribution in [0.4, 0.5) is 0 Å². The van der Waals surface area contributed by atoms with Crippen LogP contribution in [0.3, 0.4) is 0 Å². The van der Waals surface area contributed by atoms with E-state index in [1.807, 2.05) is 30.3 Å². The van der Waals surface area contributed by atoms with Crippen molar-refractivity contribution >= 4 is 11.0 Å². The molecule has 6 heteroatoms. The van der Waals surface area contributed by atoms with Crippen LogP contribution in [0.2, 0.25) is 0 Å². The van der Waals surface area contributed by atoms with Gasteiger partial charge in [0.05, 0.1) is 5.39 Å². The number of fused-ring (bicyclic) bond motifs is 1. The predicted molar refractivity (Wildman–Crippen MR) is 73.1 cm³/mol. The lowest BCUT2D eigenvalue weighted by atomic mass is 10.1. The number of aromatic nitrogens is 3. The number of aromatic amines is 1. The molecule has 3 rings (SSSR count). The number of benzene rings is 1. The van der Waals surface area contributed by atoms with Gasteiger partial charge in [-0.2, -0.15) is 0 Å². The standard InChI is InChI=1S/C14H11N3O3/c18-13-11-7-6-10(8-9-4-2-1-3-5-9)15-12(11)16-14(19)17(13)20/h1-7,20H,8H2,(H,15,16,19). The van der Waals surface area contributed by atoms with Gasteiger partial charge in [-0.25, -0.2) is 9.78 Å². The largest absolute Gasteiger partial charge is 0.421 e. The van der Waals surface area contributed by atoms with Crippen molar-refractivity contribution in [2.45, 2.75) is 6.42 Å². The Labute approximate surface area is 112 Å². The molecule has 0 fully saturated rings. The van der Waals surface area contributed by atoms with Crippen molar-refractivity contribution in [3.63, 3.8) is 0 Å². The third kappa shape index (κ3) is 2.07. The molecule has 100 valence electrons. The topological polar surface area (TPSA) is 88.0 Å². The lowest BCUT2D eigenvalue weighted by Crippen LogP contribution is -2.33. The zero-order valence-electron chi connectivity index (χ0n) is 10.4. The van der Waals surface area contributed by atoms with Crippen LogP contribution in [0.15, 0.2) is 52.1 Å². The van der Waals surface area contributed by atoms with Gasteiger partial charge >= 0.3 is 5.69 Å². The Morgan fingerprint density at radius 3 is 2.60 bits per heavy atom. The summed E-state index contributed by atoms with van der Waals surface area (Å²) in [5, 5.41) is 9.41. The van der Waals surface area contributed by atoms with Crippen LogP contribution in [0.25, 0.3) is 11.0 Å². The van der Waals surface area contributed by atoms with Crippen LogP contribution in [-0.4, -0.2) is 19.9 Å². The second-order valence-corrected chi connectivity index (χ2v) is 4.41. The maximum absolute atomic E-state index is 11.7. The molecule has 0 amide bonds. The Balaban J connectivity index is 2.10. The summed E-state index contributed by atoms with van der Waals surface area (Å²) in [5.74, 6) is 0. The fourth-order valence-corrected chi connectivity index (χ4v) is 2.03. The van der Waals surface area contributed by atoms with Crippen molar-refractivity contribution in [3.05, 3.63) is 74.6 Å². The summed E-state index contributed by atoms with van der Waals surface area (Å²) in [6, 6.07) is 13.0. The summed E-state index contributed by atoms with van der Waals surface area (Å²) in [7, 11) is 0. The van der Waals surface area contributed by atoms with Gasteiger partial charge in [0.1, 0.15) is 5.65 Å². The number of rotatable bonds is 2. The molecule has 1 aromatic carbocycles. The summed E-state index contributed by atoms with van der Waals surface area (Å²) < 4.78 is 0.0425. The number of pyridine rings is 1. The fourth-order valence-electron chi connectivity index (χ4n) is 2.03. The van der Waals surface area contributed by atoms with Gasteiger partial charge in [0.2, 0.25) is 0 Å². The summed E-state index contributed by atoms with van der Waals surface area (Å²) >= 11 is 0. The molecule has 2 N–H and O–H groups in total. The molecule has 3 aromatic rings. The third-order valence-electron chi connectivity index (χ3n) is 3.02. The van der Waals surface area contributed by atoms with E-state index in [-0.39, 0.29) is 15.8 Å². The Bertz CT molecular complexity index is 882. The molecule has 0 bridgehead atoms. The molecular formula is C14H11N3O3. The van der Waals surface area contributed by atoms with Crippen LogP contribution in [0.5, 0.6) is 0 Å². The average molecular weight is 269 g/mol. The van der Waals surface area contributed by atoms with Crippen molar-refractivity contribution in [2.24, 2.45) is 0 Å². The fraction of sp³-hybridized carbons (Fsp3) is 0.0714. The second-order valence-electron chi connectivity index (χ2n) is 4.41. The van der Waals surface area contributed by atoms with E-state index in [9.17, 15) is 14.8 Å². The molecule has 2 aromatic heterocycles. The van der Waals surface area contributed by atoms with Gasteiger partial charge in [0.25, 0.3) is 5.56 Å². The zero-order valence-corrected chi connectivity index (χ0v) is 10.4. The summed E-state index contributed by atoms with van der Waals surface area (Å²) in [5.41, 5.74) is 0.319. The van der Waals surface area contributed by atoms with Crippen molar-refractivity contribution in [1.29, 1.82) is 0 Å². The molecule has 0 atom stereocenters. The van der Waals surface area contributed by atoms with E-state index in [0.29, 0.717) is 6.42 Å². The lowest BCUT2D eigenvalue weighted by Gasteiger charge is -2.03. The number of nitrogens with one attached hydrogen (secondary N) is 1. The van der Waals surface area contributed by atoms with Crippen LogP contribution >= 0.6 is 0 Å². The predicted octanol–water partition coefficient (Wildman–Crippen LogP) is 0.913. The summed E-state index contributed by atoms with van der Waals surface area (Å²) in [6.07, 6.45) is 0.598. The molecule has 0 aliphatic heterocycles. The minimum absolute atomic E-state index is 0.0425. The maximum atomic E-state index is 11.7. The van der Waals surface area contributed by atoms with Crippen LogP contribution in [0.1, 0.15) is 11.3 Å². The van der Waals surface area contributed by atoms with Gasteiger partial charge in [0, 0.05) is 12.1 Å². The Kier molecular flexibility index (Phi) is 2.83. The van der Waals surface area contributed by atoms with E-state index in [4.69, 9.17) is 0 Å². The number of hydrogen-bond donors (Lipinski definition) is 2. The molecule has 0 unspecified atom stereocenters. The Morgan fingerprint density at radius 1 is 1.10 bits per heavy atom. The van der Waals surface area contributed by atoms with Gasteiger partial charge in [-0.1, -0.05) is 35.1 Å². The van der Waals surface area contributed by atoms with E-state index in [1.54, 1.807) is 12.1 Å².